The Labute approximate surface area is 121 Å². The first-order chi connectivity index (χ1) is 9.88. The van der Waals surface area contributed by atoms with Crippen molar-refractivity contribution in [2.24, 2.45) is 5.92 Å². The van der Waals surface area contributed by atoms with Crippen LogP contribution < -0.4 is 0 Å². The normalized spacial score (nSPS) is 12.6. The third-order valence-electron chi connectivity index (χ3n) is 3.26. The number of hydrogen-bond donors (Lipinski definition) is 1. The fourth-order valence-corrected chi connectivity index (χ4v) is 2.26. The van der Waals surface area contributed by atoms with Gasteiger partial charge in [0.15, 0.2) is 5.82 Å². The van der Waals surface area contributed by atoms with Crippen LogP contribution in [0.3, 0.4) is 0 Å². The van der Waals surface area contributed by atoms with Gasteiger partial charge in [-0.15, -0.1) is 5.10 Å². The smallest absolute Gasteiger partial charge is 0.305 e. The lowest BCUT2D eigenvalue weighted by Crippen LogP contribution is -2.21. The van der Waals surface area contributed by atoms with E-state index in [1.54, 1.807) is 13.0 Å². The van der Waals surface area contributed by atoms with Gasteiger partial charge in [-0.1, -0.05) is 13.8 Å². The van der Waals surface area contributed by atoms with Gasteiger partial charge in [-0.2, -0.15) is 0 Å². The maximum absolute atomic E-state index is 13.5. The van der Waals surface area contributed by atoms with Crippen molar-refractivity contribution in [3.8, 4) is 11.4 Å². The molecule has 112 valence electrons. The molecule has 0 saturated heterocycles. The zero-order valence-corrected chi connectivity index (χ0v) is 12.1. The molecule has 0 aliphatic rings. The molecular formula is C14H17FN4O2. The number of carbonyl (C=O) groups is 1. The van der Waals surface area contributed by atoms with Crippen LogP contribution in [0.25, 0.3) is 11.4 Å². The Morgan fingerprint density at radius 2 is 2.10 bits per heavy atom. The van der Waals surface area contributed by atoms with Crippen molar-refractivity contribution in [3.63, 3.8) is 0 Å². The molecule has 1 aromatic carbocycles. The van der Waals surface area contributed by atoms with Crippen LogP contribution in [0.15, 0.2) is 18.2 Å². The van der Waals surface area contributed by atoms with E-state index in [1.165, 1.54) is 16.8 Å². The fraction of sp³-hybridized carbons (Fsp3) is 0.429. The van der Waals surface area contributed by atoms with Crippen molar-refractivity contribution >= 4 is 5.97 Å². The van der Waals surface area contributed by atoms with Crippen LogP contribution in [0, 0.1) is 18.7 Å². The van der Waals surface area contributed by atoms with Gasteiger partial charge in [0.05, 0.1) is 12.5 Å². The van der Waals surface area contributed by atoms with Crippen molar-refractivity contribution in [2.45, 2.75) is 33.2 Å². The number of tetrazole rings is 1. The number of halogens is 1. The van der Waals surface area contributed by atoms with Crippen molar-refractivity contribution in [1.29, 1.82) is 0 Å². The molecular weight excluding hydrogens is 275 g/mol. The lowest BCUT2D eigenvalue weighted by molar-refractivity contribution is -0.138. The minimum atomic E-state index is -0.925. The summed E-state index contributed by atoms with van der Waals surface area (Å²) in [7, 11) is 0. The average molecular weight is 292 g/mol. The second kappa shape index (κ2) is 5.99. The molecule has 7 heteroatoms. The Morgan fingerprint density at radius 3 is 2.67 bits per heavy atom. The van der Waals surface area contributed by atoms with Gasteiger partial charge < -0.3 is 5.11 Å². The summed E-state index contributed by atoms with van der Waals surface area (Å²) in [6.45, 7) is 5.57. The quantitative estimate of drug-likeness (QED) is 0.915. The summed E-state index contributed by atoms with van der Waals surface area (Å²) in [5, 5.41) is 20.5. The number of rotatable bonds is 5. The highest BCUT2D eigenvalue weighted by Gasteiger charge is 2.24. The van der Waals surface area contributed by atoms with Crippen molar-refractivity contribution < 1.29 is 14.3 Å². The van der Waals surface area contributed by atoms with E-state index in [1.807, 2.05) is 13.8 Å². The summed E-state index contributed by atoms with van der Waals surface area (Å²) in [4.78, 5) is 11.0. The lowest BCUT2D eigenvalue weighted by Gasteiger charge is -2.20. The molecule has 1 N–H and O–H groups in total. The molecule has 0 radical (unpaired) electrons. The molecule has 0 bridgehead atoms. The largest absolute Gasteiger partial charge is 0.481 e. The van der Waals surface area contributed by atoms with Crippen LogP contribution in [0.1, 0.15) is 31.9 Å². The Hall–Kier alpha value is -2.31. The summed E-state index contributed by atoms with van der Waals surface area (Å²) < 4.78 is 15.0. The minimum Gasteiger partial charge on any atom is -0.481 e. The Kier molecular flexibility index (Phi) is 4.30. The van der Waals surface area contributed by atoms with E-state index >= 15 is 0 Å². The van der Waals surface area contributed by atoms with Crippen LogP contribution >= 0.6 is 0 Å². The second-order valence-electron chi connectivity index (χ2n) is 5.37. The van der Waals surface area contributed by atoms with Gasteiger partial charge in [0, 0.05) is 5.56 Å². The predicted octanol–water partition coefficient (Wildman–Crippen LogP) is 2.46. The van der Waals surface area contributed by atoms with Gasteiger partial charge in [-0.05, 0) is 47.0 Å². The summed E-state index contributed by atoms with van der Waals surface area (Å²) in [5.74, 6) is -0.903. The Bertz CT molecular complexity index is 634. The highest BCUT2D eigenvalue weighted by atomic mass is 19.1. The maximum atomic E-state index is 13.5. The van der Waals surface area contributed by atoms with E-state index in [0.29, 0.717) is 11.4 Å². The van der Waals surface area contributed by atoms with E-state index in [2.05, 4.69) is 15.5 Å². The van der Waals surface area contributed by atoms with Crippen LogP contribution in [0.5, 0.6) is 0 Å². The highest BCUT2D eigenvalue weighted by molar-refractivity contribution is 5.67. The molecule has 0 aliphatic heterocycles. The molecule has 2 rings (SSSR count). The first kappa shape index (κ1) is 15.1. The van der Waals surface area contributed by atoms with E-state index in [9.17, 15) is 9.18 Å². The molecule has 21 heavy (non-hydrogen) atoms. The van der Waals surface area contributed by atoms with Gasteiger partial charge in [0.2, 0.25) is 0 Å². The fourth-order valence-electron chi connectivity index (χ4n) is 2.26. The summed E-state index contributed by atoms with van der Waals surface area (Å²) in [6.07, 6.45) is -0.0932. The van der Waals surface area contributed by atoms with Crippen LogP contribution in [-0.4, -0.2) is 31.3 Å². The maximum Gasteiger partial charge on any atom is 0.305 e. The number of carboxylic acid groups (broad SMARTS) is 1. The van der Waals surface area contributed by atoms with Gasteiger partial charge in [-0.25, -0.2) is 9.07 Å². The lowest BCUT2D eigenvalue weighted by atomic mass is 10.0. The SMILES string of the molecule is Cc1cc(F)cc(-c2nnnn2C(CC(=O)O)C(C)C)c1. The molecule has 0 fully saturated rings. The number of aliphatic carboxylic acids is 1. The molecule has 2 aromatic rings. The molecule has 6 nitrogen and oxygen atoms in total. The standard InChI is InChI=1S/C14H17FN4O2/c1-8(2)12(7-13(20)21)19-14(16-17-18-19)10-4-9(3)5-11(15)6-10/h4-6,8,12H,7H2,1-3H3,(H,20,21). The van der Waals surface area contributed by atoms with Crippen LogP contribution in [-0.2, 0) is 4.79 Å². The van der Waals surface area contributed by atoms with Gasteiger partial charge in [0.1, 0.15) is 5.82 Å². The Morgan fingerprint density at radius 1 is 1.38 bits per heavy atom. The first-order valence-electron chi connectivity index (χ1n) is 6.65. The van der Waals surface area contributed by atoms with Crippen molar-refractivity contribution in [1.82, 2.24) is 20.2 Å². The van der Waals surface area contributed by atoms with E-state index < -0.39 is 12.0 Å². The number of hydrogen-bond acceptors (Lipinski definition) is 4. The predicted molar refractivity (Wildman–Crippen MR) is 74.1 cm³/mol. The first-order valence-corrected chi connectivity index (χ1v) is 6.65. The van der Waals surface area contributed by atoms with Gasteiger partial charge >= 0.3 is 5.97 Å². The Balaban J connectivity index is 2.47. The molecule has 1 heterocycles. The van der Waals surface area contributed by atoms with Crippen molar-refractivity contribution in [3.05, 3.63) is 29.6 Å². The van der Waals surface area contributed by atoms with Gasteiger partial charge in [0.25, 0.3) is 0 Å². The average Bonchev–Trinajstić information content (AvgIpc) is 2.82. The molecule has 0 amide bonds. The van der Waals surface area contributed by atoms with Crippen molar-refractivity contribution in [2.75, 3.05) is 0 Å². The molecule has 1 atom stereocenters. The van der Waals surface area contributed by atoms with Gasteiger partial charge in [-0.3, -0.25) is 4.79 Å². The second-order valence-corrected chi connectivity index (χ2v) is 5.37. The van der Waals surface area contributed by atoms with E-state index in [0.717, 1.165) is 5.56 Å². The van der Waals surface area contributed by atoms with E-state index in [4.69, 9.17) is 5.11 Å². The number of aromatic nitrogens is 4. The third kappa shape index (κ3) is 3.42. The number of aryl methyl sites for hydroxylation is 1. The minimum absolute atomic E-state index is 0.0259. The third-order valence-corrected chi connectivity index (χ3v) is 3.26. The molecule has 0 spiro atoms. The highest BCUT2D eigenvalue weighted by Crippen LogP contribution is 2.27. The summed E-state index contributed by atoms with van der Waals surface area (Å²) in [5.41, 5.74) is 1.28. The van der Waals surface area contributed by atoms with Crippen LogP contribution in [0.4, 0.5) is 4.39 Å². The monoisotopic (exact) mass is 292 g/mol. The zero-order valence-electron chi connectivity index (χ0n) is 12.1. The molecule has 1 aromatic heterocycles. The van der Waals surface area contributed by atoms with Crippen LogP contribution in [0.2, 0.25) is 0 Å². The number of benzene rings is 1. The topological polar surface area (TPSA) is 80.9 Å². The summed E-state index contributed by atoms with van der Waals surface area (Å²) in [6, 6.07) is 4.13. The number of carboxylic acids is 1. The molecule has 0 saturated carbocycles. The van der Waals surface area contributed by atoms with E-state index in [-0.39, 0.29) is 18.2 Å². The zero-order chi connectivity index (χ0) is 15.6. The molecule has 1 unspecified atom stereocenters. The summed E-state index contributed by atoms with van der Waals surface area (Å²) >= 11 is 0. The number of nitrogens with zero attached hydrogens (tertiary/aromatic N) is 4. The molecule has 0 aliphatic carbocycles.